The fourth-order valence-electron chi connectivity index (χ4n) is 1.39. The molecule has 1 aromatic rings. The number of hydrogen-bond donors (Lipinski definition) is 2. The van der Waals surface area contributed by atoms with Gasteiger partial charge in [-0.05, 0) is 25.5 Å². The Bertz CT molecular complexity index is 490. The Morgan fingerprint density at radius 3 is 2.50 bits per heavy atom. The third kappa shape index (κ3) is 3.64. The van der Waals surface area contributed by atoms with E-state index in [-0.39, 0.29) is 16.6 Å². The van der Waals surface area contributed by atoms with E-state index in [2.05, 4.69) is 5.32 Å². The van der Waals surface area contributed by atoms with Crippen molar-refractivity contribution < 1.29 is 17.2 Å². The van der Waals surface area contributed by atoms with Gasteiger partial charge in [0.15, 0.2) is 0 Å². The number of anilines is 1. The number of para-hydroxylation sites is 1. The smallest absolute Gasteiger partial charge is 0.341 e. The van der Waals surface area contributed by atoms with Crippen molar-refractivity contribution in [2.45, 2.75) is 30.0 Å². The fraction of sp³-hybridized carbons (Fsp3) is 0.455. The SMILES string of the molecule is CC(N)CCNc1ccccc1S(=O)(=O)C(F)F. The molecule has 0 aliphatic heterocycles. The summed E-state index contributed by atoms with van der Waals surface area (Å²) in [5.74, 6) is -3.42. The van der Waals surface area contributed by atoms with E-state index in [1.165, 1.54) is 12.1 Å². The molecule has 0 amide bonds. The highest BCUT2D eigenvalue weighted by Crippen LogP contribution is 2.25. The van der Waals surface area contributed by atoms with Crippen LogP contribution in [0.15, 0.2) is 29.2 Å². The molecule has 0 fully saturated rings. The van der Waals surface area contributed by atoms with Crippen LogP contribution in [-0.2, 0) is 9.84 Å². The van der Waals surface area contributed by atoms with Crippen LogP contribution >= 0.6 is 0 Å². The Morgan fingerprint density at radius 1 is 1.33 bits per heavy atom. The molecule has 0 saturated carbocycles. The minimum absolute atomic E-state index is 0.0450. The lowest BCUT2D eigenvalue weighted by atomic mass is 10.2. The van der Waals surface area contributed by atoms with Crippen molar-refractivity contribution >= 4 is 15.5 Å². The van der Waals surface area contributed by atoms with E-state index in [1.807, 2.05) is 6.92 Å². The quantitative estimate of drug-likeness (QED) is 0.832. The van der Waals surface area contributed by atoms with Gasteiger partial charge in [0.1, 0.15) is 0 Å². The van der Waals surface area contributed by atoms with Crippen LogP contribution in [-0.4, -0.2) is 26.8 Å². The zero-order valence-corrected chi connectivity index (χ0v) is 10.8. The molecule has 3 N–H and O–H groups in total. The molecule has 102 valence electrons. The van der Waals surface area contributed by atoms with Crippen molar-refractivity contribution in [3.8, 4) is 0 Å². The monoisotopic (exact) mass is 278 g/mol. The van der Waals surface area contributed by atoms with Crippen molar-refractivity contribution in [3.63, 3.8) is 0 Å². The second-order valence-electron chi connectivity index (χ2n) is 3.99. The number of benzene rings is 1. The lowest BCUT2D eigenvalue weighted by Gasteiger charge is -2.12. The highest BCUT2D eigenvalue weighted by Gasteiger charge is 2.28. The highest BCUT2D eigenvalue weighted by molar-refractivity contribution is 7.91. The summed E-state index contributed by atoms with van der Waals surface area (Å²) in [6.07, 6.45) is 0.614. The van der Waals surface area contributed by atoms with Crippen molar-refractivity contribution in [1.29, 1.82) is 0 Å². The Labute approximate surface area is 105 Å². The summed E-state index contributed by atoms with van der Waals surface area (Å²) in [7, 11) is -4.59. The Hall–Kier alpha value is -1.21. The number of nitrogens with two attached hydrogens (primary N) is 1. The third-order valence-corrected chi connectivity index (χ3v) is 3.78. The van der Waals surface area contributed by atoms with Gasteiger partial charge in [-0.25, -0.2) is 8.42 Å². The predicted octanol–water partition coefficient (Wildman–Crippen LogP) is 1.83. The van der Waals surface area contributed by atoms with Crippen molar-refractivity contribution in [3.05, 3.63) is 24.3 Å². The Morgan fingerprint density at radius 2 is 1.94 bits per heavy atom. The largest absolute Gasteiger partial charge is 0.384 e. The molecule has 0 aliphatic carbocycles. The van der Waals surface area contributed by atoms with E-state index < -0.39 is 15.6 Å². The summed E-state index contributed by atoms with van der Waals surface area (Å²) >= 11 is 0. The summed E-state index contributed by atoms with van der Waals surface area (Å²) in [5, 5.41) is 2.81. The molecular weight excluding hydrogens is 262 g/mol. The summed E-state index contributed by atoms with van der Waals surface area (Å²) in [6.45, 7) is 2.23. The summed E-state index contributed by atoms with van der Waals surface area (Å²) in [5.41, 5.74) is 5.73. The van der Waals surface area contributed by atoms with E-state index in [4.69, 9.17) is 5.73 Å². The van der Waals surface area contributed by atoms with Crippen LogP contribution in [0, 0.1) is 0 Å². The van der Waals surface area contributed by atoms with Crippen LogP contribution in [0.2, 0.25) is 0 Å². The topological polar surface area (TPSA) is 72.2 Å². The molecule has 1 atom stereocenters. The lowest BCUT2D eigenvalue weighted by Crippen LogP contribution is -2.20. The molecule has 0 heterocycles. The van der Waals surface area contributed by atoms with Gasteiger partial charge in [-0.15, -0.1) is 0 Å². The van der Waals surface area contributed by atoms with Crippen molar-refractivity contribution in [2.24, 2.45) is 5.73 Å². The minimum atomic E-state index is -4.59. The molecule has 7 heteroatoms. The Kier molecular flexibility index (Phi) is 5.03. The zero-order chi connectivity index (χ0) is 13.8. The number of nitrogens with one attached hydrogen (secondary N) is 1. The van der Waals surface area contributed by atoms with Gasteiger partial charge in [0.2, 0.25) is 9.84 Å². The van der Waals surface area contributed by atoms with Gasteiger partial charge >= 0.3 is 5.76 Å². The maximum Gasteiger partial charge on any atom is 0.341 e. The maximum absolute atomic E-state index is 12.5. The third-order valence-electron chi connectivity index (χ3n) is 2.34. The van der Waals surface area contributed by atoms with Crippen LogP contribution in [0.1, 0.15) is 13.3 Å². The normalized spacial score (nSPS) is 13.6. The first-order chi connectivity index (χ1) is 8.35. The van der Waals surface area contributed by atoms with Gasteiger partial charge < -0.3 is 11.1 Å². The molecule has 0 saturated heterocycles. The van der Waals surface area contributed by atoms with E-state index in [0.717, 1.165) is 6.07 Å². The molecule has 0 spiro atoms. The zero-order valence-electron chi connectivity index (χ0n) is 9.94. The van der Waals surface area contributed by atoms with Crippen molar-refractivity contribution in [1.82, 2.24) is 0 Å². The van der Waals surface area contributed by atoms with Crippen molar-refractivity contribution in [2.75, 3.05) is 11.9 Å². The van der Waals surface area contributed by atoms with Crippen LogP contribution < -0.4 is 11.1 Å². The molecule has 18 heavy (non-hydrogen) atoms. The fourth-order valence-corrected chi connectivity index (χ4v) is 2.30. The molecule has 0 bridgehead atoms. The van der Waals surface area contributed by atoms with Crippen LogP contribution in [0.25, 0.3) is 0 Å². The van der Waals surface area contributed by atoms with Gasteiger partial charge in [-0.3, -0.25) is 0 Å². The molecule has 0 radical (unpaired) electrons. The lowest BCUT2D eigenvalue weighted by molar-refractivity contribution is 0.235. The molecular formula is C11H16F2N2O2S. The number of sulfone groups is 1. The number of halogens is 2. The number of rotatable bonds is 6. The summed E-state index contributed by atoms with van der Waals surface area (Å²) in [6, 6.07) is 5.56. The van der Waals surface area contributed by atoms with Gasteiger partial charge in [-0.1, -0.05) is 12.1 Å². The summed E-state index contributed by atoms with van der Waals surface area (Å²) in [4.78, 5) is -0.385. The molecule has 1 unspecified atom stereocenters. The van der Waals surface area contributed by atoms with E-state index in [0.29, 0.717) is 13.0 Å². The minimum Gasteiger partial charge on any atom is -0.384 e. The number of hydrogen-bond acceptors (Lipinski definition) is 4. The molecule has 0 aromatic heterocycles. The molecule has 1 rings (SSSR count). The molecule has 0 aliphatic rings. The van der Waals surface area contributed by atoms with E-state index in [9.17, 15) is 17.2 Å². The van der Waals surface area contributed by atoms with Crippen LogP contribution in [0.3, 0.4) is 0 Å². The second-order valence-corrected chi connectivity index (χ2v) is 5.88. The summed E-state index contributed by atoms with van der Waals surface area (Å²) < 4.78 is 47.9. The average Bonchev–Trinajstić information content (AvgIpc) is 2.28. The van der Waals surface area contributed by atoms with E-state index >= 15 is 0 Å². The highest BCUT2D eigenvalue weighted by atomic mass is 32.2. The van der Waals surface area contributed by atoms with Crippen LogP contribution in [0.4, 0.5) is 14.5 Å². The van der Waals surface area contributed by atoms with E-state index in [1.54, 1.807) is 6.07 Å². The molecule has 4 nitrogen and oxygen atoms in total. The first-order valence-electron chi connectivity index (χ1n) is 5.46. The average molecular weight is 278 g/mol. The first-order valence-corrected chi connectivity index (χ1v) is 7.01. The van der Waals surface area contributed by atoms with Gasteiger partial charge in [0.05, 0.1) is 10.6 Å². The predicted molar refractivity (Wildman–Crippen MR) is 66.4 cm³/mol. The molecule has 1 aromatic carbocycles. The van der Waals surface area contributed by atoms with Crippen LogP contribution in [0.5, 0.6) is 0 Å². The standard InChI is InChI=1S/C11H16F2N2O2S/c1-8(14)6-7-15-9-4-2-3-5-10(9)18(16,17)11(12)13/h2-5,8,11,15H,6-7,14H2,1H3. The maximum atomic E-state index is 12.5. The first kappa shape index (κ1) is 14.8. The van der Waals surface area contributed by atoms with Gasteiger partial charge in [-0.2, -0.15) is 8.78 Å². The Balaban J connectivity index is 2.94. The van der Waals surface area contributed by atoms with Gasteiger partial charge in [0.25, 0.3) is 0 Å². The second kappa shape index (κ2) is 6.10. The number of alkyl halides is 2. The van der Waals surface area contributed by atoms with Gasteiger partial charge in [0, 0.05) is 12.6 Å².